The van der Waals surface area contributed by atoms with Gasteiger partial charge in [0.15, 0.2) is 0 Å². The number of methoxy groups -OCH3 is 1. The van der Waals surface area contributed by atoms with Crippen molar-refractivity contribution in [3.8, 4) is 17.1 Å². The zero-order valence-corrected chi connectivity index (χ0v) is 13.6. The van der Waals surface area contributed by atoms with Crippen LogP contribution in [-0.4, -0.2) is 39.1 Å². The van der Waals surface area contributed by atoms with Crippen molar-refractivity contribution in [1.82, 2.24) is 14.4 Å². The van der Waals surface area contributed by atoms with Crippen molar-refractivity contribution in [3.05, 3.63) is 42.5 Å². The quantitative estimate of drug-likeness (QED) is 0.641. The highest BCUT2D eigenvalue weighted by molar-refractivity contribution is 5.76. The van der Waals surface area contributed by atoms with E-state index in [0.717, 1.165) is 5.56 Å². The number of anilines is 1. The summed E-state index contributed by atoms with van der Waals surface area (Å²) in [5.41, 5.74) is 1.93. The molecule has 0 radical (unpaired) electrons. The largest absolute Gasteiger partial charge is 0.481 e. The molecule has 0 bridgehead atoms. The van der Waals surface area contributed by atoms with Crippen LogP contribution in [0.5, 0.6) is 5.88 Å². The number of carbonyl (C=O) groups is 1. The van der Waals surface area contributed by atoms with E-state index in [2.05, 4.69) is 15.3 Å². The predicted octanol–water partition coefficient (Wildman–Crippen LogP) is 2.82. The number of nitrogens with zero attached hydrogens (tertiary/aromatic N) is 3. The van der Waals surface area contributed by atoms with Gasteiger partial charge in [-0.15, -0.1) is 0 Å². The molecule has 3 aromatic rings. The third kappa shape index (κ3) is 3.68. The van der Waals surface area contributed by atoms with Crippen molar-refractivity contribution in [2.45, 2.75) is 12.8 Å². The van der Waals surface area contributed by atoms with E-state index in [4.69, 9.17) is 9.84 Å². The Bertz CT molecular complexity index is 893. The zero-order chi connectivity index (χ0) is 17.8. The van der Waals surface area contributed by atoms with Gasteiger partial charge in [-0.25, -0.2) is 14.4 Å². The van der Waals surface area contributed by atoms with Crippen molar-refractivity contribution in [2.24, 2.45) is 0 Å². The Morgan fingerprint density at radius 2 is 2.20 bits per heavy atom. The lowest BCUT2D eigenvalue weighted by atomic mass is 10.2. The van der Waals surface area contributed by atoms with Crippen LogP contribution in [0, 0.1) is 5.82 Å². The van der Waals surface area contributed by atoms with Gasteiger partial charge in [-0.2, -0.15) is 0 Å². The summed E-state index contributed by atoms with van der Waals surface area (Å²) < 4.78 is 20.3. The highest BCUT2D eigenvalue weighted by Crippen LogP contribution is 2.29. The van der Waals surface area contributed by atoms with Gasteiger partial charge in [-0.1, -0.05) is 0 Å². The first-order chi connectivity index (χ1) is 12.1. The minimum atomic E-state index is -0.856. The number of nitrogens with one attached hydrogen (secondary N) is 1. The van der Waals surface area contributed by atoms with Gasteiger partial charge in [0, 0.05) is 37.0 Å². The van der Waals surface area contributed by atoms with Gasteiger partial charge in [0.1, 0.15) is 23.0 Å². The molecule has 0 aliphatic carbocycles. The van der Waals surface area contributed by atoms with Crippen molar-refractivity contribution >= 4 is 17.4 Å². The Hall–Kier alpha value is -3.16. The van der Waals surface area contributed by atoms with Crippen LogP contribution in [-0.2, 0) is 4.79 Å². The Balaban J connectivity index is 1.97. The maximum atomic E-state index is 13.6. The fourth-order valence-corrected chi connectivity index (χ4v) is 2.48. The lowest BCUT2D eigenvalue weighted by Gasteiger charge is -2.08. The number of hydrogen-bond acceptors (Lipinski definition) is 5. The highest BCUT2D eigenvalue weighted by Gasteiger charge is 2.15. The standard InChI is InChI=1S/C17H17FN4O3/c1-25-14-7-4-11(9-20-14)16-17(19-8-2-3-15(23)24)22-10-12(18)5-6-13(22)21-16/h4-7,9-10,19H,2-3,8H2,1H3,(H,23,24). The number of ether oxygens (including phenoxy) is 1. The minimum absolute atomic E-state index is 0.0531. The van der Waals surface area contributed by atoms with E-state index in [9.17, 15) is 9.18 Å². The smallest absolute Gasteiger partial charge is 0.303 e. The molecule has 0 fully saturated rings. The molecule has 130 valence electrons. The van der Waals surface area contributed by atoms with Crippen LogP contribution >= 0.6 is 0 Å². The highest BCUT2D eigenvalue weighted by atomic mass is 19.1. The molecule has 2 N–H and O–H groups in total. The molecule has 0 aromatic carbocycles. The first-order valence-electron chi connectivity index (χ1n) is 7.72. The van der Waals surface area contributed by atoms with Crippen LogP contribution in [0.4, 0.5) is 10.2 Å². The first kappa shape index (κ1) is 16.7. The second-order valence-corrected chi connectivity index (χ2v) is 5.40. The molecule has 3 heterocycles. The van der Waals surface area contributed by atoms with E-state index in [1.807, 2.05) is 6.07 Å². The number of rotatable bonds is 7. The van der Waals surface area contributed by atoms with E-state index in [1.165, 1.54) is 19.4 Å². The maximum absolute atomic E-state index is 13.6. The molecule has 7 nitrogen and oxygen atoms in total. The third-order valence-electron chi connectivity index (χ3n) is 3.66. The van der Waals surface area contributed by atoms with Gasteiger partial charge in [-0.3, -0.25) is 9.20 Å². The number of carboxylic acids is 1. The predicted molar refractivity (Wildman–Crippen MR) is 90.3 cm³/mol. The summed E-state index contributed by atoms with van der Waals surface area (Å²) in [5, 5.41) is 11.9. The zero-order valence-electron chi connectivity index (χ0n) is 13.6. The van der Waals surface area contributed by atoms with Gasteiger partial charge in [0.25, 0.3) is 0 Å². The summed E-state index contributed by atoms with van der Waals surface area (Å²) in [6.07, 6.45) is 3.46. The van der Waals surface area contributed by atoms with Gasteiger partial charge < -0.3 is 15.2 Å². The summed E-state index contributed by atoms with van der Waals surface area (Å²) >= 11 is 0. The van der Waals surface area contributed by atoms with E-state index in [0.29, 0.717) is 36.0 Å². The number of pyridine rings is 2. The van der Waals surface area contributed by atoms with Crippen LogP contribution in [0.25, 0.3) is 16.9 Å². The number of fused-ring (bicyclic) bond motifs is 1. The van der Waals surface area contributed by atoms with E-state index < -0.39 is 11.8 Å². The molecule has 0 aliphatic rings. The number of imidazole rings is 1. The average Bonchev–Trinajstić information content (AvgIpc) is 2.96. The van der Waals surface area contributed by atoms with Crippen molar-refractivity contribution in [1.29, 1.82) is 0 Å². The molecule has 3 rings (SSSR count). The normalized spacial score (nSPS) is 10.8. The Morgan fingerprint density at radius 3 is 2.88 bits per heavy atom. The van der Waals surface area contributed by atoms with E-state index >= 15 is 0 Å². The maximum Gasteiger partial charge on any atom is 0.303 e. The second kappa shape index (κ2) is 7.16. The molecule has 0 unspecified atom stereocenters. The molecule has 25 heavy (non-hydrogen) atoms. The average molecular weight is 344 g/mol. The van der Waals surface area contributed by atoms with Gasteiger partial charge in [-0.05, 0) is 24.6 Å². The number of carboxylic acid groups (broad SMARTS) is 1. The summed E-state index contributed by atoms with van der Waals surface area (Å²) in [6.45, 7) is 0.424. The van der Waals surface area contributed by atoms with Gasteiger partial charge in [0.2, 0.25) is 5.88 Å². The fourth-order valence-electron chi connectivity index (χ4n) is 2.48. The summed E-state index contributed by atoms with van der Waals surface area (Å²) in [7, 11) is 1.53. The molecule has 0 amide bonds. The molecular weight excluding hydrogens is 327 g/mol. The van der Waals surface area contributed by atoms with Crippen LogP contribution in [0.3, 0.4) is 0 Å². The topological polar surface area (TPSA) is 88.8 Å². The van der Waals surface area contributed by atoms with Crippen molar-refractivity contribution in [2.75, 3.05) is 19.0 Å². The van der Waals surface area contributed by atoms with Gasteiger partial charge in [0.05, 0.1) is 7.11 Å². The molecule has 0 saturated carbocycles. The summed E-state index contributed by atoms with van der Waals surface area (Å²) in [5.74, 6) is -0.176. The number of hydrogen-bond donors (Lipinski definition) is 2. The molecule has 8 heteroatoms. The number of aliphatic carboxylic acids is 1. The van der Waals surface area contributed by atoms with Crippen LogP contribution in [0.2, 0.25) is 0 Å². The van der Waals surface area contributed by atoms with Gasteiger partial charge >= 0.3 is 5.97 Å². The Labute approximate surface area is 143 Å². The van der Waals surface area contributed by atoms with E-state index in [-0.39, 0.29) is 6.42 Å². The third-order valence-corrected chi connectivity index (χ3v) is 3.66. The first-order valence-corrected chi connectivity index (χ1v) is 7.72. The molecule has 0 saturated heterocycles. The lowest BCUT2D eigenvalue weighted by Crippen LogP contribution is -2.07. The summed E-state index contributed by atoms with van der Waals surface area (Å²) in [4.78, 5) is 19.4. The Morgan fingerprint density at radius 1 is 1.36 bits per heavy atom. The molecule has 0 atom stereocenters. The van der Waals surface area contributed by atoms with E-state index in [1.54, 1.807) is 22.7 Å². The number of halogens is 1. The Kier molecular flexibility index (Phi) is 4.78. The van der Waals surface area contributed by atoms with Crippen LogP contribution < -0.4 is 10.1 Å². The molecular formula is C17H17FN4O3. The monoisotopic (exact) mass is 344 g/mol. The van der Waals surface area contributed by atoms with Crippen molar-refractivity contribution < 1.29 is 19.0 Å². The summed E-state index contributed by atoms with van der Waals surface area (Å²) in [6, 6.07) is 6.45. The number of aromatic nitrogens is 3. The van der Waals surface area contributed by atoms with Crippen molar-refractivity contribution in [3.63, 3.8) is 0 Å². The minimum Gasteiger partial charge on any atom is -0.481 e. The van der Waals surface area contributed by atoms with Crippen LogP contribution in [0.15, 0.2) is 36.7 Å². The van der Waals surface area contributed by atoms with Crippen LogP contribution in [0.1, 0.15) is 12.8 Å². The lowest BCUT2D eigenvalue weighted by molar-refractivity contribution is -0.137. The molecule has 3 aromatic heterocycles. The molecule has 0 aliphatic heterocycles. The fraction of sp³-hybridized carbons (Fsp3) is 0.235. The SMILES string of the molecule is COc1ccc(-c2nc3ccc(F)cn3c2NCCCC(=O)O)cn1. The molecule has 0 spiro atoms. The second-order valence-electron chi connectivity index (χ2n) is 5.40.